The second kappa shape index (κ2) is 9.01. The second-order valence-electron chi connectivity index (χ2n) is 8.26. The zero-order valence-electron chi connectivity index (χ0n) is 19.4. The van der Waals surface area contributed by atoms with Crippen LogP contribution in [0, 0.1) is 11.3 Å². The lowest BCUT2D eigenvalue weighted by molar-refractivity contribution is -0.123. The molecule has 176 valence electrons. The predicted octanol–water partition coefficient (Wildman–Crippen LogP) is 4.16. The van der Waals surface area contributed by atoms with Crippen LogP contribution in [0.2, 0.25) is 0 Å². The molecule has 1 fully saturated rings. The fourth-order valence-corrected chi connectivity index (χ4v) is 6.14. The predicted molar refractivity (Wildman–Crippen MR) is 134 cm³/mol. The molecule has 3 aromatic carbocycles. The van der Waals surface area contributed by atoms with E-state index >= 15 is 0 Å². The fraction of sp³-hybridized carbons (Fsp3) is 0.222. The molecule has 2 aliphatic rings. The minimum absolute atomic E-state index is 0.174. The van der Waals surface area contributed by atoms with E-state index in [1.54, 1.807) is 60.4 Å². The van der Waals surface area contributed by atoms with E-state index in [-0.39, 0.29) is 11.8 Å². The number of hydrogen-bond donors (Lipinski definition) is 0. The maximum Gasteiger partial charge on any atom is 0.268 e. The van der Waals surface area contributed by atoms with Gasteiger partial charge in [-0.2, -0.15) is 5.26 Å². The number of carbonyl (C=O) groups excluding carboxylic acids is 2. The molecule has 1 spiro atoms. The first kappa shape index (κ1) is 22.8. The summed E-state index contributed by atoms with van der Waals surface area (Å²) in [5, 5.41) is 9.30. The Balaban J connectivity index is 1.58. The zero-order valence-corrected chi connectivity index (χ0v) is 20.2. The van der Waals surface area contributed by atoms with Crippen LogP contribution in [0.3, 0.4) is 0 Å². The van der Waals surface area contributed by atoms with Crippen molar-refractivity contribution in [2.45, 2.75) is 11.4 Å². The largest absolute Gasteiger partial charge is 0.497 e. The highest BCUT2D eigenvalue weighted by molar-refractivity contribution is 8.01. The van der Waals surface area contributed by atoms with E-state index in [9.17, 15) is 14.9 Å². The molecule has 0 saturated carbocycles. The summed E-state index contributed by atoms with van der Waals surface area (Å²) in [5.41, 5.74) is 3.34. The van der Waals surface area contributed by atoms with Crippen LogP contribution < -0.4 is 14.4 Å². The topological polar surface area (TPSA) is 82.9 Å². The number of methoxy groups -OCH3 is 2. The number of benzene rings is 3. The van der Waals surface area contributed by atoms with Crippen molar-refractivity contribution < 1.29 is 19.1 Å². The monoisotopic (exact) mass is 485 g/mol. The first-order chi connectivity index (χ1) is 17.0. The van der Waals surface area contributed by atoms with E-state index in [0.29, 0.717) is 41.5 Å². The number of fused-ring (bicyclic) bond motifs is 2. The Morgan fingerprint density at radius 2 is 1.80 bits per heavy atom. The Hall–Kier alpha value is -3.96. The number of thioether (sulfide) groups is 1. The molecule has 0 aliphatic carbocycles. The van der Waals surface area contributed by atoms with E-state index in [1.165, 1.54) is 11.8 Å². The Labute approximate surface area is 207 Å². The molecule has 3 aromatic rings. The number of nitrogens with zero attached hydrogens (tertiary/aromatic N) is 3. The quantitative estimate of drug-likeness (QED) is 0.540. The molecule has 5 rings (SSSR count). The summed E-state index contributed by atoms with van der Waals surface area (Å²) in [7, 11) is 3.16. The normalized spacial score (nSPS) is 18.5. The number of hydrogen-bond acceptors (Lipinski definition) is 6. The maximum absolute atomic E-state index is 14.2. The first-order valence-electron chi connectivity index (χ1n) is 11.1. The summed E-state index contributed by atoms with van der Waals surface area (Å²) in [5.74, 6) is 1.52. The Morgan fingerprint density at radius 1 is 1.06 bits per heavy atom. The van der Waals surface area contributed by atoms with Crippen molar-refractivity contribution in [2.75, 3.05) is 31.4 Å². The third kappa shape index (κ3) is 3.69. The minimum Gasteiger partial charge on any atom is -0.497 e. The summed E-state index contributed by atoms with van der Waals surface area (Å²) in [6.45, 7) is 0.732. The molecule has 2 aliphatic heterocycles. The van der Waals surface area contributed by atoms with Gasteiger partial charge in [-0.15, -0.1) is 11.8 Å². The van der Waals surface area contributed by atoms with Gasteiger partial charge < -0.3 is 19.3 Å². The van der Waals surface area contributed by atoms with Gasteiger partial charge in [0.25, 0.3) is 11.8 Å². The Morgan fingerprint density at radius 3 is 2.51 bits per heavy atom. The van der Waals surface area contributed by atoms with E-state index in [0.717, 1.165) is 16.8 Å². The summed E-state index contributed by atoms with van der Waals surface area (Å²) in [6.07, 6.45) is 0. The SMILES string of the molecule is COc1ccc(C(=O)N2CCSC23C(=O)N(Cc2cccc(C#N)c2)c2ccc(OC)cc23)cc1. The molecule has 0 radical (unpaired) electrons. The highest BCUT2D eigenvalue weighted by Gasteiger charge is 2.59. The van der Waals surface area contributed by atoms with E-state index in [1.807, 2.05) is 30.3 Å². The molecular formula is C27H23N3O4S. The van der Waals surface area contributed by atoms with Crippen LogP contribution >= 0.6 is 11.8 Å². The average Bonchev–Trinajstić information content (AvgIpc) is 3.45. The molecule has 2 amide bonds. The van der Waals surface area contributed by atoms with Crippen LogP contribution in [0.4, 0.5) is 5.69 Å². The van der Waals surface area contributed by atoms with E-state index < -0.39 is 4.87 Å². The van der Waals surface area contributed by atoms with Gasteiger partial charge in [-0.05, 0) is 60.2 Å². The molecule has 7 nitrogen and oxygen atoms in total. The molecule has 1 atom stereocenters. The molecular weight excluding hydrogens is 462 g/mol. The van der Waals surface area contributed by atoms with Gasteiger partial charge in [0.05, 0.1) is 38.1 Å². The number of ether oxygens (including phenoxy) is 2. The first-order valence-corrected chi connectivity index (χ1v) is 12.1. The summed E-state index contributed by atoms with van der Waals surface area (Å²) in [4.78, 5) is 30.1. The summed E-state index contributed by atoms with van der Waals surface area (Å²) in [6, 6.07) is 21.8. The number of amides is 2. The third-order valence-electron chi connectivity index (χ3n) is 6.38. The number of nitriles is 1. The summed E-state index contributed by atoms with van der Waals surface area (Å²) < 4.78 is 10.7. The number of anilines is 1. The Kier molecular flexibility index (Phi) is 5.87. The van der Waals surface area contributed by atoms with Gasteiger partial charge in [0.2, 0.25) is 0 Å². The standard InChI is InChI=1S/C27H23N3O4S/c1-33-21-8-6-20(7-9-21)25(31)30-12-13-35-27(30)23-15-22(34-2)10-11-24(23)29(26(27)32)17-19-5-3-4-18(14-19)16-28/h3-11,14-15H,12-13,17H2,1-2H3. The van der Waals surface area contributed by atoms with Crippen LogP contribution in [0.25, 0.3) is 0 Å². The van der Waals surface area contributed by atoms with Crippen molar-refractivity contribution in [3.8, 4) is 17.6 Å². The van der Waals surface area contributed by atoms with Crippen molar-refractivity contribution >= 4 is 29.3 Å². The lowest BCUT2D eigenvalue weighted by atomic mass is 10.0. The van der Waals surface area contributed by atoms with Gasteiger partial charge in [-0.25, -0.2) is 0 Å². The van der Waals surface area contributed by atoms with Crippen LogP contribution in [-0.4, -0.2) is 43.2 Å². The van der Waals surface area contributed by atoms with Crippen LogP contribution in [0.1, 0.15) is 27.0 Å². The number of rotatable bonds is 5. The van der Waals surface area contributed by atoms with Gasteiger partial charge in [0.1, 0.15) is 11.5 Å². The Bertz CT molecular complexity index is 1350. The van der Waals surface area contributed by atoms with Gasteiger partial charge >= 0.3 is 0 Å². The van der Waals surface area contributed by atoms with Crippen molar-refractivity contribution in [3.05, 3.63) is 89.0 Å². The highest BCUT2D eigenvalue weighted by Crippen LogP contribution is 2.55. The van der Waals surface area contributed by atoms with Crippen molar-refractivity contribution in [2.24, 2.45) is 0 Å². The lowest BCUT2D eigenvalue weighted by Crippen LogP contribution is -2.50. The molecule has 0 N–H and O–H groups in total. The van der Waals surface area contributed by atoms with Gasteiger partial charge in [0, 0.05) is 23.4 Å². The summed E-state index contributed by atoms with van der Waals surface area (Å²) >= 11 is 1.46. The van der Waals surface area contributed by atoms with Crippen molar-refractivity contribution in [3.63, 3.8) is 0 Å². The highest BCUT2D eigenvalue weighted by atomic mass is 32.2. The van der Waals surface area contributed by atoms with Crippen LogP contribution in [-0.2, 0) is 16.2 Å². The average molecular weight is 486 g/mol. The third-order valence-corrected chi connectivity index (χ3v) is 7.80. The minimum atomic E-state index is -1.19. The lowest BCUT2D eigenvalue weighted by Gasteiger charge is -2.33. The molecule has 2 heterocycles. The van der Waals surface area contributed by atoms with Gasteiger partial charge in [-0.1, -0.05) is 12.1 Å². The molecule has 0 bridgehead atoms. The van der Waals surface area contributed by atoms with Crippen molar-refractivity contribution in [1.29, 1.82) is 5.26 Å². The molecule has 1 unspecified atom stereocenters. The zero-order chi connectivity index (χ0) is 24.6. The number of carbonyl (C=O) groups is 2. The maximum atomic E-state index is 14.2. The smallest absolute Gasteiger partial charge is 0.268 e. The van der Waals surface area contributed by atoms with E-state index in [2.05, 4.69) is 6.07 Å². The van der Waals surface area contributed by atoms with Gasteiger partial charge in [-0.3, -0.25) is 9.59 Å². The van der Waals surface area contributed by atoms with Crippen molar-refractivity contribution in [1.82, 2.24) is 4.90 Å². The van der Waals surface area contributed by atoms with E-state index in [4.69, 9.17) is 9.47 Å². The second-order valence-corrected chi connectivity index (χ2v) is 9.55. The molecule has 8 heteroatoms. The molecule has 35 heavy (non-hydrogen) atoms. The van der Waals surface area contributed by atoms with Crippen LogP contribution in [0.5, 0.6) is 11.5 Å². The molecule has 1 saturated heterocycles. The molecule has 0 aromatic heterocycles. The van der Waals surface area contributed by atoms with Gasteiger partial charge in [0.15, 0.2) is 4.87 Å². The van der Waals surface area contributed by atoms with Crippen LogP contribution in [0.15, 0.2) is 66.7 Å². The fourth-order valence-electron chi connectivity index (χ4n) is 4.69.